The largest absolute Gasteiger partial charge is 0.507 e. The van der Waals surface area contributed by atoms with Crippen LogP contribution in [0.3, 0.4) is 0 Å². The van der Waals surface area contributed by atoms with Crippen LogP contribution >= 0.6 is 0 Å². The number of hydrogen-bond donors (Lipinski definition) is 1. The fraction of sp³-hybridized carbons (Fsp3) is 0.200. The van der Waals surface area contributed by atoms with Crippen molar-refractivity contribution in [3.63, 3.8) is 0 Å². The molecule has 214 valence electrons. The van der Waals surface area contributed by atoms with Gasteiger partial charge in [0.25, 0.3) is 11.7 Å². The van der Waals surface area contributed by atoms with Crippen LogP contribution in [0.5, 0.6) is 11.5 Å². The maximum Gasteiger partial charge on any atom is 0.295 e. The number of ketones is 1. The van der Waals surface area contributed by atoms with Crippen molar-refractivity contribution in [1.82, 2.24) is 4.90 Å². The summed E-state index contributed by atoms with van der Waals surface area (Å²) < 4.78 is 11.5. The molecule has 0 aromatic heterocycles. The molecule has 1 saturated heterocycles. The quantitative estimate of drug-likeness (QED) is 0.147. The van der Waals surface area contributed by atoms with Crippen molar-refractivity contribution in [3.05, 3.63) is 130 Å². The number of para-hydroxylation sites is 1. The maximum absolute atomic E-state index is 13.6. The molecule has 5 rings (SSSR count). The second-order valence-corrected chi connectivity index (χ2v) is 10.5. The number of methoxy groups -OCH3 is 1. The molecule has 0 bridgehead atoms. The van der Waals surface area contributed by atoms with Crippen molar-refractivity contribution >= 4 is 23.1 Å². The molecule has 0 radical (unpaired) electrons. The van der Waals surface area contributed by atoms with Gasteiger partial charge in [-0.1, -0.05) is 60.7 Å². The van der Waals surface area contributed by atoms with E-state index in [0.717, 1.165) is 27.9 Å². The zero-order valence-corrected chi connectivity index (χ0v) is 24.2. The van der Waals surface area contributed by atoms with E-state index in [4.69, 9.17) is 9.47 Å². The Labute approximate surface area is 246 Å². The number of hydrogen-bond acceptors (Lipinski definition) is 6. The Kier molecular flexibility index (Phi) is 8.29. The summed E-state index contributed by atoms with van der Waals surface area (Å²) in [4.78, 5) is 30.6. The van der Waals surface area contributed by atoms with E-state index in [1.807, 2.05) is 105 Å². The Morgan fingerprint density at radius 1 is 0.881 bits per heavy atom. The zero-order chi connectivity index (χ0) is 29.8. The lowest BCUT2D eigenvalue weighted by molar-refractivity contribution is -0.140. The number of aryl methyl sites for hydroxylation is 1. The topological polar surface area (TPSA) is 79.3 Å². The van der Waals surface area contributed by atoms with Gasteiger partial charge in [0.05, 0.1) is 25.3 Å². The second kappa shape index (κ2) is 12.2. The van der Waals surface area contributed by atoms with Crippen LogP contribution < -0.4 is 14.4 Å². The van der Waals surface area contributed by atoms with Gasteiger partial charge in [-0.05, 0) is 60.0 Å². The Balaban J connectivity index is 1.54. The van der Waals surface area contributed by atoms with Gasteiger partial charge >= 0.3 is 0 Å². The first-order valence-electron chi connectivity index (χ1n) is 13.7. The molecule has 1 aliphatic rings. The smallest absolute Gasteiger partial charge is 0.295 e. The monoisotopic (exact) mass is 562 g/mol. The number of carbonyl (C=O) groups is 2. The summed E-state index contributed by atoms with van der Waals surface area (Å²) in [5.41, 5.74) is 4.77. The molecular formula is C35H34N2O5. The number of aliphatic hydroxyl groups excluding tert-OH is 1. The van der Waals surface area contributed by atoms with E-state index in [-0.39, 0.29) is 17.9 Å². The number of anilines is 1. The number of nitrogens with zero attached hydrogens (tertiary/aromatic N) is 2. The van der Waals surface area contributed by atoms with Crippen molar-refractivity contribution in [3.8, 4) is 11.5 Å². The van der Waals surface area contributed by atoms with Crippen LogP contribution in [-0.2, 0) is 22.7 Å². The third-order valence-electron chi connectivity index (χ3n) is 7.48. The number of benzene rings is 4. The van der Waals surface area contributed by atoms with Gasteiger partial charge in [-0.2, -0.15) is 0 Å². The van der Waals surface area contributed by atoms with Crippen molar-refractivity contribution in [2.75, 3.05) is 26.1 Å². The summed E-state index contributed by atoms with van der Waals surface area (Å²) >= 11 is 0. The molecule has 42 heavy (non-hydrogen) atoms. The van der Waals surface area contributed by atoms with Gasteiger partial charge in [0.15, 0.2) is 0 Å². The number of likely N-dealkylation sites (tertiary alicyclic amines) is 1. The third kappa shape index (κ3) is 5.72. The Hall–Kier alpha value is -5.04. The van der Waals surface area contributed by atoms with Crippen LogP contribution in [0.2, 0.25) is 0 Å². The van der Waals surface area contributed by atoms with E-state index in [1.165, 1.54) is 4.90 Å². The molecule has 1 fully saturated rings. The first-order chi connectivity index (χ1) is 20.3. The van der Waals surface area contributed by atoms with Crippen LogP contribution in [0, 0.1) is 6.92 Å². The highest BCUT2D eigenvalue weighted by molar-refractivity contribution is 6.46. The lowest BCUT2D eigenvalue weighted by Crippen LogP contribution is -2.29. The number of rotatable bonds is 9. The SMILES string of the molecule is COc1ccccc1CN1C(=O)C(=O)/C(=C(\O)c2ccc(OCc3ccccc3)c(C)c2)C1c1ccc(N(C)C)cc1. The number of aliphatic hydroxyl groups is 1. The Morgan fingerprint density at radius 2 is 1.57 bits per heavy atom. The molecular weight excluding hydrogens is 528 g/mol. The Morgan fingerprint density at radius 3 is 2.24 bits per heavy atom. The molecule has 1 atom stereocenters. The summed E-state index contributed by atoms with van der Waals surface area (Å²) in [6.45, 7) is 2.43. The number of Topliss-reactive ketones (excluding diaryl/α,β-unsaturated/α-hetero) is 1. The number of amides is 1. The van der Waals surface area contributed by atoms with Crippen LogP contribution in [0.4, 0.5) is 5.69 Å². The first kappa shape index (κ1) is 28.5. The maximum atomic E-state index is 13.6. The Bertz CT molecular complexity index is 1630. The van der Waals surface area contributed by atoms with Crippen molar-refractivity contribution in [2.45, 2.75) is 26.1 Å². The zero-order valence-electron chi connectivity index (χ0n) is 24.2. The standard InChI is InChI=1S/C35H34N2O5/c1-23-20-26(16-19-29(23)42-22-24-10-6-5-7-11-24)33(38)31-32(25-14-17-28(18-15-25)36(2)3)37(35(40)34(31)39)21-27-12-8-9-13-30(27)41-4/h5-20,32,38H,21-22H2,1-4H3/b33-31-. The van der Waals surface area contributed by atoms with E-state index in [1.54, 1.807) is 25.3 Å². The van der Waals surface area contributed by atoms with E-state index >= 15 is 0 Å². The summed E-state index contributed by atoms with van der Waals surface area (Å²) in [6, 6.07) is 29.4. The molecule has 0 spiro atoms. The third-order valence-corrected chi connectivity index (χ3v) is 7.48. The highest BCUT2D eigenvalue weighted by Gasteiger charge is 2.46. The molecule has 7 nitrogen and oxygen atoms in total. The summed E-state index contributed by atoms with van der Waals surface area (Å²) in [5.74, 6) is -0.351. The molecule has 0 saturated carbocycles. The van der Waals surface area contributed by atoms with E-state index in [2.05, 4.69) is 0 Å². The van der Waals surface area contributed by atoms with Gasteiger partial charge < -0.3 is 24.4 Å². The van der Waals surface area contributed by atoms with E-state index in [9.17, 15) is 14.7 Å². The predicted octanol–water partition coefficient (Wildman–Crippen LogP) is 6.27. The fourth-order valence-corrected chi connectivity index (χ4v) is 5.21. The average molecular weight is 563 g/mol. The molecule has 4 aromatic carbocycles. The van der Waals surface area contributed by atoms with Crippen LogP contribution in [0.25, 0.3) is 5.76 Å². The lowest BCUT2D eigenvalue weighted by atomic mass is 9.94. The second-order valence-electron chi connectivity index (χ2n) is 10.5. The van der Waals surface area contributed by atoms with E-state index < -0.39 is 17.7 Å². The predicted molar refractivity (Wildman–Crippen MR) is 164 cm³/mol. The average Bonchev–Trinajstić information content (AvgIpc) is 3.25. The minimum Gasteiger partial charge on any atom is -0.507 e. The fourth-order valence-electron chi connectivity index (χ4n) is 5.21. The highest BCUT2D eigenvalue weighted by Crippen LogP contribution is 2.41. The summed E-state index contributed by atoms with van der Waals surface area (Å²) in [6.07, 6.45) is 0. The minimum atomic E-state index is -0.791. The molecule has 4 aromatic rings. The van der Waals surface area contributed by atoms with E-state index in [0.29, 0.717) is 23.7 Å². The number of ether oxygens (including phenoxy) is 2. The number of carbonyl (C=O) groups excluding carboxylic acids is 2. The molecule has 1 heterocycles. The van der Waals surface area contributed by atoms with Gasteiger partial charge in [0, 0.05) is 30.9 Å². The van der Waals surface area contributed by atoms with Crippen molar-refractivity contribution in [1.29, 1.82) is 0 Å². The van der Waals surface area contributed by atoms with Crippen LogP contribution in [0.1, 0.15) is 33.9 Å². The van der Waals surface area contributed by atoms with Gasteiger partial charge in [-0.25, -0.2) is 0 Å². The van der Waals surface area contributed by atoms with Gasteiger partial charge in [-0.15, -0.1) is 0 Å². The first-order valence-corrected chi connectivity index (χ1v) is 13.7. The van der Waals surface area contributed by atoms with Crippen molar-refractivity contribution < 1.29 is 24.2 Å². The summed E-state index contributed by atoms with van der Waals surface area (Å²) in [7, 11) is 5.45. The van der Waals surface area contributed by atoms with Crippen LogP contribution in [0.15, 0.2) is 103 Å². The molecule has 1 unspecified atom stereocenters. The lowest BCUT2D eigenvalue weighted by Gasteiger charge is -2.26. The molecule has 7 heteroatoms. The molecule has 1 amide bonds. The minimum absolute atomic E-state index is 0.0462. The molecule has 1 N–H and O–H groups in total. The highest BCUT2D eigenvalue weighted by atomic mass is 16.5. The molecule has 0 aliphatic carbocycles. The van der Waals surface area contributed by atoms with Crippen LogP contribution in [-0.4, -0.2) is 42.9 Å². The normalized spacial score (nSPS) is 16.0. The van der Waals surface area contributed by atoms with Gasteiger partial charge in [-0.3, -0.25) is 9.59 Å². The van der Waals surface area contributed by atoms with Gasteiger partial charge in [0.1, 0.15) is 23.9 Å². The van der Waals surface area contributed by atoms with Gasteiger partial charge in [0.2, 0.25) is 0 Å². The van der Waals surface area contributed by atoms with Crippen molar-refractivity contribution in [2.24, 2.45) is 0 Å². The summed E-state index contributed by atoms with van der Waals surface area (Å²) in [5, 5.41) is 11.6. The molecule has 1 aliphatic heterocycles.